The summed E-state index contributed by atoms with van der Waals surface area (Å²) in [6.07, 6.45) is 3.76. The number of para-hydroxylation sites is 1. The van der Waals surface area contributed by atoms with Crippen molar-refractivity contribution in [1.82, 2.24) is 9.58 Å². The van der Waals surface area contributed by atoms with E-state index in [0.717, 1.165) is 35.3 Å². The zero-order valence-corrected chi connectivity index (χ0v) is 17.3. The molecule has 0 radical (unpaired) electrons. The van der Waals surface area contributed by atoms with Gasteiger partial charge in [-0.2, -0.15) is 0 Å². The second-order valence-electron chi connectivity index (χ2n) is 8.51. The molecule has 6 nitrogen and oxygen atoms in total. The average molecular weight is 413 g/mol. The molecule has 1 amide bonds. The molecule has 1 atom stereocenters. The summed E-state index contributed by atoms with van der Waals surface area (Å²) < 4.78 is 8.06. The van der Waals surface area contributed by atoms with Gasteiger partial charge in [-0.3, -0.25) is 19.3 Å². The van der Waals surface area contributed by atoms with Gasteiger partial charge in [0.2, 0.25) is 0 Å². The normalized spacial score (nSPS) is 19.8. The number of pyridine rings is 1. The van der Waals surface area contributed by atoms with Crippen LogP contribution in [-0.4, -0.2) is 28.2 Å². The fourth-order valence-corrected chi connectivity index (χ4v) is 4.81. The van der Waals surface area contributed by atoms with Crippen LogP contribution in [0.5, 0.6) is 5.75 Å². The predicted octanol–water partition coefficient (Wildman–Crippen LogP) is 3.35. The second-order valence-corrected chi connectivity index (χ2v) is 8.51. The zero-order chi connectivity index (χ0) is 21.1. The fourth-order valence-electron chi connectivity index (χ4n) is 4.81. The highest BCUT2D eigenvalue weighted by molar-refractivity contribution is 5.95. The largest absolute Gasteiger partial charge is 0.489 e. The molecule has 1 unspecified atom stereocenters. The van der Waals surface area contributed by atoms with Crippen molar-refractivity contribution in [3.63, 3.8) is 0 Å². The van der Waals surface area contributed by atoms with Crippen LogP contribution in [0.1, 0.15) is 51.6 Å². The van der Waals surface area contributed by atoms with Crippen LogP contribution in [0, 0.1) is 6.92 Å². The SMILES string of the molecule is Cc1c2n(ccc1=O)N(C1c3ccccc3COc3ccccc31)CN(C1CC1)C2=O. The molecule has 156 valence electrons. The topological polar surface area (TPSA) is 54.8 Å². The summed E-state index contributed by atoms with van der Waals surface area (Å²) in [7, 11) is 0. The van der Waals surface area contributed by atoms with Crippen LogP contribution in [0.25, 0.3) is 0 Å². The molecule has 6 rings (SSSR count). The van der Waals surface area contributed by atoms with Crippen molar-refractivity contribution < 1.29 is 9.53 Å². The van der Waals surface area contributed by atoms with Crippen LogP contribution in [0.15, 0.2) is 65.6 Å². The Balaban J connectivity index is 1.61. The Morgan fingerprint density at radius 3 is 2.48 bits per heavy atom. The number of rotatable bonds is 2. The van der Waals surface area contributed by atoms with Crippen molar-refractivity contribution in [2.45, 2.75) is 38.5 Å². The minimum atomic E-state index is -0.148. The molecule has 0 spiro atoms. The van der Waals surface area contributed by atoms with E-state index in [1.165, 1.54) is 0 Å². The third kappa shape index (κ3) is 2.78. The number of aromatic nitrogens is 1. The van der Waals surface area contributed by atoms with E-state index in [1.54, 1.807) is 19.2 Å². The monoisotopic (exact) mass is 413 g/mol. The van der Waals surface area contributed by atoms with Gasteiger partial charge in [-0.25, -0.2) is 0 Å². The van der Waals surface area contributed by atoms with E-state index >= 15 is 0 Å². The number of ether oxygens (including phenoxy) is 1. The summed E-state index contributed by atoms with van der Waals surface area (Å²) in [6.45, 7) is 2.71. The van der Waals surface area contributed by atoms with Crippen molar-refractivity contribution >= 4 is 5.91 Å². The van der Waals surface area contributed by atoms with Gasteiger partial charge < -0.3 is 9.64 Å². The lowest BCUT2D eigenvalue weighted by molar-refractivity contribution is 0.0669. The molecule has 2 aromatic carbocycles. The molecular formula is C25H23N3O3. The number of hydrogen-bond donors (Lipinski definition) is 0. The molecule has 1 fully saturated rings. The van der Waals surface area contributed by atoms with Gasteiger partial charge in [0.15, 0.2) is 5.43 Å². The Bertz CT molecular complexity index is 1210. The molecule has 1 aliphatic carbocycles. The first-order valence-corrected chi connectivity index (χ1v) is 10.7. The minimum Gasteiger partial charge on any atom is -0.489 e. The Labute approximate surface area is 180 Å². The maximum atomic E-state index is 13.4. The van der Waals surface area contributed by atoms with Gasteiger partial charge in [0, 0.05) is 29.4 Å². The predicted molar refractivity (Wildman–Crippen MR) is 117 cm³/mol. The summed E-state index contributed by atoms with van der Waals surface area (Å²) in [4.78, 5) is 27.7. The lowest BCUT2D eigenvalue weighted by Crippen LogP contribution is -2.56. The Morgan fingerprint density at radius 2 is 1.68 bits per heavy atom. The molecule has 0 bridgehead atoms. The summed E-state index contributed by atoms with van der Waals surface area (Å²) in [5.41, 5.74) is 4.18. The van der Waals surface area contributed by atoms with E-state index in [-0.39, 0.29) is 23.4 Å². The molecule has 1 saturated carbocycles. The van der Waals surface area contributed by atoms with Gasteiger partial charge in [0.25, 0.3) is 5.91 Å². The van der Waals surface area contributed by atoms with E-state index in [9.17, 15) is 9.59 Å². The van der Waals surface area contributed by atoms with E-state index in [1.807, 2.05) is 39.9 Å². The lowest BCUT2D eigenvalue weighted by atomic mass is 9.94. The minimum absolute atomic E-state index is 0.0552. The quantitative estimate of drug-likeness (QED) is 0.647. The number of benzene rings is 2. The van der Waals surface area contributed by atoms with Crippen LogP contribution in [0.4, 0.5) is 0 Å². The standard InChI is InChI=1S/C25H23N3O3/c1-16-21(29)12-13-27-23(16)25(30)26(18-10-11-18)15-28(27)24-19-7-3-2-6-17(19)14-31-22-9-5-4-8-20(22)24/h2-9,12-13,18,24H,10-11,14-15H2,1H3. The molecule has 3 aromatic rings. The number of fused-ring (bicyclic) bond motifs is 3. The van der Waals surface area contributed by atoms with Crippen molar-refractivity contribution in [2.24, 2.45) is 0 Å². The highest BCUT2D eigenvalue weighted by Crippen LogP contribution is 2.41. The van der Waals surface area contributed by atoms with E-state index < -0.39 is 0 Å². The molecule has 6 heteroatoms. The van der Waals surface area contributed by atoms with Crippen LogP contribution < -0.4 is 15.2 Å². The van der Waals surface area contributed by atoms with Crippen molar-refractivity contribution in [1.29, 1.82) is 0 Å². The van der Waals surface area contributed by atoms with Gasteiger partial charge in [0.05, 0.1) is 0 Å². The molecule has 2 aliphatic heterocycles. The summed E-state index contributed by atoms with van der Waals surface area (Å²) >= 11 is 0. The highest BCUT2D eigenvalue weighted by Gasteiger charge is 2.42. The van der Waals surface area contributed by atoms with Gasteiger partial charge >= 0.3 is 0 Å². The van der Waals surface area contributed by atoms with Crippen LogP contribution >= 0.6 is 0 Å². The Morgan fingerprint density at radius 1 is 0.935 bits per heavy atom. The first-order chi connectivity index (χ1) is 15.1. The van der Waals surface area contributed by atoms with Crippen LogP contribution in [0.2, 0.25) is 0 Å². The molecule has 0 saturated heterocycles. The maximum Gasteiger partial charge on any atom is 0.274 e. The Hall–Kier alpha value is -3.54. The average Bonchev–Trinajstić information content (AvgIpc) is 3.63. The molecule has 3 aliphatic rings. The molecular weight excluding hydrogens is 390 g/mol. The molecule has 3 heterocycles. The van der Waals surface area contributed by atoms with E-state index in [4.69, 9.17) is 4.74 Å². The summed E-state index contributed by atoms with van der Waals surface area (Å²) in [5.74, 6) is 0.790. The molecule has 0 N–H and O–H groups in total. The maximum absolute atomic E-state index is 13.4. The van der Waals surface area contributed by atoms with Crippen molar-refractivity contribution in [3.8, 4) is 5.75 Å². The Kier molecular flexibility index (Phi) is 3.96. The van der Waals surface area contributed by atoms with Gasteiger partial charge in [-0.1, -0.05) is 42.5 Å². The summed E-state index contributed by atoms with van der Waals surface area (Å²) in [6, 6.07) is 18.1. The van der Waals surface area contributed by atoms with E-state index in [0.29, 0.717) is 24.5 Å². The lowest BCUT2D eigenvalue weighted by Gasteiger charge is -2.44. The number of hydrogen-bond acceptors (Lipinski definition) is 4. The number of carbonyl (C=O) groups is 1. The number of amides is 1. The van der Waals surface area contributed by atoms with Crippen molar-refractivity contribution in [3.05, 3.63) is 99.0 Å². The summed E-state index contributed by atoms with van der Waals surface area (Å²) in [5, 5.41) is 2.20. The fraction of sp³-hybridized carbons (Fsp3) is 0.280. The third-order valence-electron chi connectivity index (χ3n) is 6.59. The van der Waals surface area contributed by atoms with Gasteiger partial charge in [-0.15, -0.1) is 0 Å². The van der Waals surface area contributed by atoms with E-state index in [2.05, 4.69) is 23.2 Å². The van der Waals surface area contributed by atoms with Gasteiger partial charge in [0.1, 0.15) is 30.8 Å². The molecule has 31 heavy (non-hydrogen) atoms. The first kappa shape index (κ1) is 18.2. The second kappa shape index (κ2) is 6.74. The zero-order valence-electron chi connectivity index (χ0n) is 17.3. The molecule has 1 aromatic heterocycles. The first-order valence-electron chi connectivity index (χ1n) is 10.7. The number of nitrogens with zero attached hydrogens (tertiary/aromatic N) is 3. The third-order valence-corrected chi connectivity index (χ3v) is 6.59. The number of carbonyl (C=O) groups excluding carboxylic acids is 1. The smallest absolute Gasteiger partial charge is 0.274 e. The van der Waals surface area contributed by atoms with Crippen LogP contribution in [-0.2, 0) is 6.61 Å². The van der Waals surface area contributed by atoms with Gasteiger partial charge in [-0.05, 0) is 37.0 Å². The highest BCUT2D eigenvalue weighted by atomic mass is 16.5. The van der Waals surface area contributed by atoms with Crippen LogP contribution in [0.3, 0.4) is 0 Å². The van der Waals surface area contributed by atoms with Crippen molar-refractivity contribution in [2.75, 3.05) is 11.7 Å².